The van der Waals surface area contributed by atoms with Crippen molar-refractivity contribution in [3.63, 3.8) is 0 Å². The Labute approximate surface area is 245 Å². The Morgan fingerprint density at radius 2 is 1.76 bits per heavy atom. The Morgan fingerprint density at radius 3 is 2.48 bits per heavy atom. The van der Waals surface area contributed by atoms with Gasteiger partial charge < -0.3 is 19.7 Å². The highest BCUT2D eigenvalue weighted by Crippen LogP contribution is 2.31. The molecule has 0 radical (unpaired) electrons. The molecule has 0 aliphatic heterocycles. The second kappa shape index (κ2) is 11.4. The van der Waals surface area contributed by atoms with Crippen LogP contribution in [-0.4, -0.2) is 55.3 Å². The molecular formula is C30H28N6O5S. The van der Waals surface area contributed by atoms with Gasteiger partial charge in [-0.25, -0.2) is 14.8 Å². The summed E-state index contributed by atoms with van der Waals surface area (Å²) in [7, 11) is 1.69. The maximum absolute atomic E-state index is 13.3. The first-order valence-electron chi connectivity index (χ1n) is 12.9. The van der Waals surface area contributed by atoms with Crippen molar-refractivity contribution in [1.29, 1.82) is 0 Å². The maximum Gasteiger partial charge on any atom is 0.410 e. The molecule has 12 heteroatoms. The molecule has 0 atom stereocenters. The number of carbonyl (C=O) groups is 3. The Bertz CT molecular complexity index is 1790. The van der Waals surface area contributed by atoms with Crippen LogP contribution >= 0.6 is 11.3 Å². The van der Waals surface area contributed by atoms with Crippen LogP contribution in [0.4, 0.5) is 22.2 Å². The first-order valence-corrected chi connectivity index (χ1v) is 13.7. The zero-order valence-electron chi connectivity index (χ0n) is 23.0. The molecule has 42 heavy (non-hydrogen) atoms. The fourth-order valence-corrected chi connectivity index (χ4v) is 5.30. The van der Waals surface area contributed by atoms with Crippen molar-refractivity contribution < 1.29 is 24.6 Å². The van der Waals surface area contributed by atoms with E-state index in [0.717, 1.165) is 4.88 Å². The number of carboxylic acid groups (broad SMARTS) is 1. The van der Waals surface area contributed by atoms with Crippen LogP contribution in [0.1, 0.15) is 33.9 Å². The monoisotopic (exact) mass is 584 g/mol. The molecule has 2 aromatic carbocycles. The second-order valence-electron chi connectivity index (χ2n) is 10.2. The zero-order valence-corrected chi connectivity index (χ0v) is 23.8. The smallest absolute Gasteiger partial charge is 0.410 e. The van der Waals surface area contributed by atoms with Crippen molar-refractivity contribution in [1.82, 2.24) is 14.5 Å². The van der Waals surface area contributed by atoms with E-state index in [4.69, 9.17) is 5.11 Å². The molecule has 0 unspecified atom stereocenters. The largest absolute Gasteiger partial charge is 0.465 e. The number of imidazole rings is 1. The molecule has 3 amide bonds. The molecule has 5 rings (SSSR count). The predicted molar refractivity (Wildman–Crippen MR) is 162 cm³/mol. The van der Waals surface area contributed by atoms with Crippen molar-refractivity contribution in [2.45, 2.75) is 26.0 Å². The minimum atomic E-state index is -1.22. The van der Waals surface area contributed by atoms with Crippen molar-refractivity contribution in [3.8, 4) is 10.4 Å². The number of benzene rings is 2. The fraction of sp³-hybridized carbons (Fsp3) is 0.167. The Balaban J connectivity index is 1.43. The lowest BCUT2D eigenvalue weighted by Gasteiger charge is -2.20. The van der Waals surface area contributed by atoms with E-state index in [0.29, 0.717) is 32.7 Å². The number of aromatic nitrogens is 3. The average Bonchev–Trinajstić information content (AvgIpc) is 3.57. The highest BCUT2D eigenvalue weighted by Gasteiger charge is 2.23. The van der Waals surface area contributed by atoms with E-state index in [9.17, 15) is 19.5 Å². The van der Waals surface area contributed by atoms with E-state index < -0.39 is 17.6 Å². The summed E-state index contributed by atoms with van der Waals surface area (Å²) in [5.41, 5.74) is 2.00. The molecule has 3 aromatic heterocycles. The van der Waals surface area contributed by atoms with E-state index in [1.807, 2.05) is 12.1 Å². The van der Waals surface area contributed by atoms with Gasteiger partial charge in [-0.15, -0.1) is 11.3 Å². The fourth-order valence-electron chi connectivity index (χ4n) is 4.40. The number of hydrogen-bond acceptors (Lipinski definition) is 7. The number of anilines is 3. The van der Waals surface area contributed by atoms with Crippen LogP contribution in [0.3, 0.4) is 0 Å². The van der Waals surface area contributed by atoms with Gasteiger partial charge in [-0.3, -0.25) is 20.2 Å². The number of nitrogens with zero attached hydrogens (tertiary/aromatic N) is 4. The highest BCUT2D eigenvalue weighted by atomic mass is 32.1. The molecule has 5 aromatic rings. The summed E-state index contributed by atoms with van der Waals surface area (Å²) in [5.74, 6) is -0.144. The van der Waals surface area contributed by atoms with Gasteiger partial charge in [0.05, 0.1) is 28.1 Å². The van der Waals surface area contributed by atoms with Crippen LogP contribution in [-0.2, 0) is 6.54 Å². The number of fused-ring (bicyclic) bond motifs is 1. The summed E-state index contributed by atoms with van der Waals surface area (Å²) in [4.78, 5) is 48.6. The van der Waals surface area contributed by atoms with E-state index in [-0.39, 0.29) is 24.2 Å². The summed E-state index contributed by atoms with van der Waals surface area (Å²) in [6, 6.07) is 21.1. The molecule has 0 aliphatic carbocycles. The van der Waals surface area contributed by atoms with E-state index >= 15 is 0 Å². The molecule has 0 spiro atoms. The Kier molecular flexibility index (Phi) is 7.74. The maximum atomic E-state index is 13.3. The average molecular weight is 585 g/mol. The Hall–Kier alpha value is -5.07. The van der Waals surface area contributed by atoms with Crippen LogP contribution < -0.4 is 15.5 Å². The number of thiophene rings is 1. The van der Waals surface area contributed by atoms with Crippen LogP contribution in [0, 0.1) is 0 Å². The van der Waals surface area contributed by atoms with Gasteiger partial charge in [-0.05, 0) is 74.0 Å². The van der Waals surface area contributed by atoms with Gasteiger partial charge >= 0.3 is 6.09 Å². The standard InChI is InChI=1S/C30H28N6O5S/c1-30(2,41)17-36-22-10-9-20(35(3)27(38)18-7-5-4-6-8-18)16-21(22)32-28(36)34-26(37)24-12-11-23(42-24)19-13-14-31-25(15-19)33-29(39)40/h4-16,41H,17H2,1-3H3,(H,31,33)(H,39,40)(H,32,34,37). The first-order chi connectivity index (χ1) is 20.0. The molecule has 0 bridgehead atoms. The zero-order chi connectivity index (χ0) is 30.0. The molecule has 0 saturated carbocycles. The van der Waals surface area contributed by atoms with E-state index in [1.165, 1.54) is 22.4 Å². The molecule has 214 valence electrons. The molecule has 4 N–H and O–H groups in total. The van der Waals surface area contributed by atoms with Crippen molar-refractivity contribution in [2.24, 2.45) is 0 Å². The quantitative estimate of drug-likeness (QED) is 0.187. The van der Waals surface area contributed by atoms with Gasteiger partial charge in [-0.1, -0.05) is 18.2 Å². The van der Waals surface area contributed by atoms with Gasteiger partial charge in [0.1, 0.15) is 5.82 Å². The number of nitrogens with one attached hydrogen (secondary N) is 2. The summed E-state index contributed by atoms with van der Waals surface area (Å²) in [6.45, 7) is 3.49. The minimum absolute atomic E-state index is 0.156. The highest BCUT2D eigenvalue weighted by molar-refractivity contribution is 7.17. The van der Waals surface area contributed by atoms with Crippen molar-refractivity contribution in [2.75, 3.05) is 22.6 Å². The lowest BCUT2D eigenvalue weighted by Crippen LogP contribution is -2.27. The summed E-state index contributed by atoms with van der Waals surface area (Å²) < 4.78 is 1.73. The van der Waals surface area contributed by atoms with Gasteiger partial charge in [-0.2, -0.15) is 0 Å². The van der Waals surface area contributed by atoms with Crippen molar-refractivity contribution >= 4 is 57.7 Å². The summed E-state index contributed by atoms with van der Waals surface area (Å²) in [6.07, 6.45) is 0.263. The third-order valence-corrected chi connectivity index (χ3v) is 7.46. The second-order valence-corrected chi connectivity index (χ2v) is 11.3. The third-order valence-electron chi connectivity index (χ3n) is 6.32. The third kappa shape index (κ3) is 6.29. The number of carbonyl (C=O) groups excluding carboxylic acids is 2. The number of aliphatic hydroxyl groups is 1. The lowest BCUT2D eigenvalue weighted by molar-refractivity contribution is 0.0630. The van der Waals surface area contributed by atoms with Gasteiger partial charge in [0, 0.05) is 29.4 Å². The van der Waals surface area contributed by atoms with Crippen LogP contribution in [0.2, 0.25) is 0 Å². The van der Waals surface area contributed by atoms with E-state index in [1.54, 1.807) is 86.1 Å². The molecule has 0 fully saturated rings. The predicted octanol–water partition coefficient (Wildman–Crippen LogP) is 5.55. The van der Waals surface area contributed by atoms with Crippen LogP contribution in [0.5, 0.6) is 0 Å². The normalized spacial score (nSPS) is 11.3. The van der Waals surface area contributed by atoms with E-state index in [2.05, 4.69) is 20.6 Å². The topological polar surface area (TPSA) is 150 Å². The van der Waals surface area contributed by atoms with Gasteiger partial charge in [0.2, 0.25) is 5.95 Å². The molecule has 11 nitrogen and oxygen atoms in total. The van der Waals surface area contributed by atoms with Gasteiger partial charge in [0.25, 0.3) is 11.8 Å². The van der Waals surface area contributed by atoms with Crippen molar-refractivity contribution in [3.05, 3.63) is 89.4 Å². The molecule has 3 heterocycles. The van der Waals surface area contributed by atoms with Crippen LogP contribution in [0.15, 0.2) is 79.0 Å². The number of rotatable bonds is 8. The number of pyridine rings is 1. The molecular weight excluding hydrogens is 556 g/mol. The first kappa shape index (κ1) is 28.5. The molecule has 0 saturated heterocycles. The number of hydrogen-bond donors (Lipinski definition) is 4. The Morgan fingerprint density at radius 1 is 1.00 bits per heavy atom. The summed E-state index contributed by atoms with van der Waals surface area (Å²) in [5, 5.41) is 24.7. The lowest BCUT2D eigenvalue weighted by atomic mass is 10.1. The summed E-state index contributed by atoms with van der Waals surface area (Å²) >= 11 is 1.23. The molecule has 0 aliphatic rings. The van der Waals surface area contributed by atoms with Gasteiger partial charge in [0.15, 0.2) is 0 Å². The van der Waals surface area contributed by atoms with Crippen LogP contribution in [0.25, 0.3) is 21.5 Å². The SMILES string of the molecule is CN(C(=O)c1ccccc1)c1ccc2c(c1)nc(NC(=O)c1ccc(-c3ccnc(NC(=O)O)c3)s1)n2CC(C)(C)O. The minimum Gasteiger partial charge on any atom is -0.465 e. The number of amides is 3.